The van der Waals surface area contributed by atoms with Crippen molar-refractivity contribution in [3.8, 4) is 0 Å². The normalized spacial score (nSPS) is 12.2. The van der Waals surface area contributed by atoms with E-state index in [4.69, 9.17) is 15.2 Å². The van der Waals surface area contributed by atoms with Crippen LogP contribution in [0.2, 0.25) is 0 Å². The van der Waals surface area contributed by atoms with Crippen LogP contribution in [-0.2, 0) is 9.47 Å². The molecule has 0 saturated heterocycles. The summed E-state index contributed by atoms with van der Waals surface area (Å²) >= 11 is 3.10. The Morgan fingerprint density at radius 1 is 1.56 bits per heavy atom. The quantitative estimate of drug-likeness (QED) is 0.669. The molecule has 4 nitrogen and oxygen atoms in total. The fourth-order valence-corrected chi connectivity index (χ4v) is 1.76. The topological polar surface area (TPSA) is 61.5 Å². The van der Waals surface area contributed by atoms with Gasteiger partial charge in [0.25, 0.3) is 0 Å². The highest BCUT2D eigenvalue weighted by molar-refractivity contribution is 9.10. The molecular formula is C12H15BrFNO3. The molecule has 0 aliphatic carbocycles. The Labute approximate surface area is 113 Å². The van der Waals surface area contributed by atoms with Gasteiger partial charge in [0.05, 0.1) is 17.9 Å². The molecule has 1 aromatic rings. The Hall–Kier alpha value is -1.14. The number of anilines is 1. The molecule has 1 aromatic carbocycles. The van der Waals surface area contributed by atoms with Crippen molar-refractivity contribution < 1.29 is 18.7 Å². The Balaban J connectivity index is 2.75. The molecule has 0 fully saturated rings. The lowest BCUT2D eigenvalue weighted by molar-refractivity contribution is 0.00431. The molecule has 0 bridgehead atoms. The van der Waals surface area contributed by atoms with Crippen LogP contribution in [0.3, 0.4) is 0 Å². The summed E-state index contributed by atoms with van der Waals surface area (Å²) in [5, 5.41) is 0. The van der Waals surface area contributed by atoms with Gasteiger partial charge in [-0.2, -0.15) is 0 Å². The summed E-state index contributed by atoms with van der Waals surface area (Å²) in [5.41, 5.74) is 5.51. The van der Waals surface area contributed by atoms with E-state index in [0.29, 0.717) is 17.7 Å². The Morgan fingerprint density at radius 3 is 2.83 bits per heavy atom. The number of hydrogen-bond donors (Lipinski definition) is 1. The van der Waals surface area contributed by atoms with Crippen molar-refractivity contribution in [3.63, 3.8) is 0 Å². The van der Waals surface area contributed by atoms with Crippen LogP contribution in [0.15, 0.2) is 16.6 Å². The van der Waals surface area contributed by atoms with Gasteiger partial charge in [-0.15, -0.1) is 0 Å². The molecule has 0 aromatic heterocycles. The molecule has 2 N–H and O–H groups in total. The maximum Gasteiger partial charge on any atom is 0.339 e. The smallest absolute Gasteiger partial charge is 0.339 e. The second-order valence-corrected chi connectivity index (χ2v) is 4.58. The van der Waals surface area contributed by atoms with E-state index < -0.39 is 11.8 Å². The number of hydrogen-bond acceptors (Lipinski definition) is 4. The van der Waals surface area contributed by atoms with Gasteiger partial charge < -0.3 is 15.2 Å². The maximum absolute atomic E-state index is 13.1. The first-order chi connectivity index (χ1) is 8.45. The van der Waals surface area contributed by atoms with Gasteiger partial charge in [0.15, 0.2) is 0 Å². The second-order valence-electron chi connectivity index (χ2n) is 3.73. The molecule has 1 atom stereocenters. The predicted molar refractivity (Wildman–Crippen MR) is 69.9 cm³/mol. The maximum atomic E-state index is 13.1. The number of carbonyl (C=O) groups excluding carboxylic acids is 1. The fourth-order valence-electron chi connectivity index (χ4n) is 1.29. The number of nitrogens with two attached hydrogens (primary N) is 1. The van der Waals surface area contributed by atoms with Crippen LogP contribution in [0.5, 0.6) is 0 Å². The highest BCUT2D eigenvalue weighted by Crippen LogP contribution is 2.23. The molecule has 0 spiro atoms. The summed E-state index contributed by atoms with van der Waals surface area (Å²) in [5.74, 6) is -1.15. The van der Waals surface area contributed by atoms with E-state index in [1.807, 2.05) is 6.92 Å². The van der Waals surface area contributed by atoms with E-state index in [9.17, 15) is 9.18 Å². The number of rotatable bonds is 5. The van der Waals surface area contributed by atoms with Gasteiger partial charge in [-0.1, -0.05) is 0 Å². The van der Waals surface area contributed by atoms with Crippen molar-refractivity contribution >= 4 is 27.6 Å². The molecule has 0 radical (unpaired) electrons. The van der Waals surface area contributed by atoms with E-state index in [0.717, 1.165) is 6.07 Å². The van der Waals surface area contributed by atoms with Crippen molar-refractivity contribution in [1.82, 2.24) is 0 Å². The molecule has 0 amide bonds. The van der Waals surface area contributed by atoms with Gasteiger partial charge in [0.2, 0.25) is 0 Å². The minimum atomic E-state index is -0.583. The van der Waals surface area contributed by atoms with Gasteiger partial charge in [0, 0.05) is 11.1 Å². The summed E-state index contributed by atoms with van der Waals surface area (Å²) in [4.78, 5) is 11.8. The summed E-state index contributed by atoms with van der Waals surface area (Å²) < 4.78 is 23.7. The third kappa shape index (κ3) is 3.96. The highest BCUT2D eigenvalue weighted by atomic mass is 79.9. The molecule has 18 heavy (non-hydrogen) atoms. The number of nitrogen functional groups attached to an aromatic ring is 1. The molecule has 6 heteroatoms. The van der Waals surface area contributed by atoms with Crippen LogP contribution in [0.4, 0.5) is 10.1 Å². The van der Waals surface area contributed by atoms with Gasteiger partial charge in [-0.3, -0.25) is 0 Å². The van der Waals surface area contributed by atoms with Crippen molar-refractivity contribution in [2.45, 2.75) is 20.0 Å². The highest BCUT2D eigenvalue weighted by Gasteiger charge is 2.17. The molecule has 100 valence electrons. The van der Waals surface area contributed by atoms with E-state index in [1.54, 1.807) is 6.92 Å². The zero-order chi connectivity index (χ0) is 13.7. The standard InChI is InChI=1S/C12H15BrFNO3/c1-3-17-6-7(2)18-12(16)8-4-11(15)10(14)5-9(8)13/h4-5,7H,3,6,15H2,1-2H3. The van der Waals surface area contributed by atoms with Gasteiger partial charge in [-0.05, 0) is 41.9 Å². The average Bonchev–Trinajstić information content (AvgIpc) is 2.31. The minimum Gasteiger partial charge on any atom is -0.457 e. The minimum absolute atomic E-state index is 0.0948. The van der Waals surface area contributed by atoms with E-state index in [-0.39, 0.29) is 17.4 Å². The van der Waals surface area contributed by atoms with E-state index in [1.165, 1.54) is 6.07 Å². The van der Waals surface area contributed by atoms with Gasteiger partial charge in [-0.25, -0.2) is 9.18 Å². The van der Waals surface area contributed by atoms with E-state index >= 15 is 0 Å². The van der Waals surface area contributed by atoms with E-state index in [2.05, 4.69) is 15.9 Å². The SMILES string of the molecule is CCOCC(C)OC(=O)c1cc(N)c(F)cc1Br. The zero-order valence-corrected chi connectivity index (χ0v) is 11.8. The molecule has 0 aliphatic rings. The van der Waals surface area contributed by atoms with Gasteiger partial charge in [0.1, 0.15) is 11.9 Å². The largest absolute Gasteiger partial charge is 0.457 e. The Morgan fingerprint density at radius 2 is 2.22 bits per heavy atom. The number of ether oxygens (including phenoxy) is 2. The molecular weight excluding hydrogens is 305 g/mol. The third-order valence-electron chi connectivity index (χ3n) is 2.17. The lowest BCUT2D eigenvalue weighted by atomic mass is 10.2. The van der Waals surface area contributed by atoms with Crippen molar-refractivity contribution in [2.24, 2.45) is 0 Å². The molecule has 0 heterocycles. The summed E-state index contributed by atoms with van der Waals surface area (Å²) in [6.45, 7) is 4.44. The van der Waals surface area contributed by atoms with Crippen LogP contribution in [0, 0.1) is 5.82 Å². The van der Waals surface area contributed by atoms with Crippen LogP contribution in [0.25, 0.3) is 0 Å². The summed E-state index contributed by atoms with van der Waals surface area (Å²) in [6, 6.07) is 2.38. The van der Waals surface area contributed by atoms with Crippen molar-refractivity contribution in [1.29, 1.82) is 0 Å². The van der Waals surface area contributed by atoms with Gasteiger partial charge >= 0.3 is 5.97 Å². The Bertz CT molecular complexity index is 440. The lowest BCUT2D eigenvalue weighted by Gasteiger charge is -2.14. The lowest BCUT2D eigenvalue weighted by Crippen LogP contribution is -2.21. The third-order valence-corrected chi connectivity index (χ3v) is 2.83. The predicted octanol–water partition coefficient (Wildman–Crippen LogP) is 2.75. The number of carbonyl (C=O) groups is 1. The number of halogens is 2. The van der Waals surface area contributed by atoms with Crippen LogP contribution < -0.4 is 5.73 Å². The summed E-state index contributed by atoms with van der Waals surface area (Å²) in [6.07, 6.45) is -0.379. The monoisotopic (exact) mass is 319 g/mol. The zero-order valence-electron chi connectivity index (χ0n) is 10.2. The molecule has 0 aliphatic heterocycles. The van der Waals surface area contributed by atoms with Crippen molar-refractivity contribution in [2.75, 3.05) is 18.9 Å². The van der Waals surface area contributed by atoms with Crippen molar-refractivity contribution in [3.05, 3.63) is 28.0 Å². The van der Waals surface area contributed by atoms with Crippen LogP contribution in [0.1, 0.15) is 24.2 Å². The first-order valence-electron chi connectivity index (χ1n) is 5.49. The van der Waals surface area contributed by atoms with Crippen LogP contribution >= 0.6 is 15.9 Å². The first-order valence-corrected chi connectivity index (χ1v) is 6.28. The molecule has 1 unspecified atom stereocenters. The number of benzene rings is 1. The fraction of sp³-hybridized carbons (Fsp3) is 0.417. The average molecular weight is 320 g/mol. The first kappa shape index (κ1) is 14.9. The Kier molecular flexibility index (Phi) is 5.55. The molecule has 0 saturated carbocycles. The summed E-state index contributed by atoms with van der Waals surface area (Å²) in [7, 11) is 0. The van der Waals surface area contributed by atoms with Crippen LogP contribution in [-0.4, -0.2) is 25.3 Å². The molecule has 1 rings (SSSR count). The second kappa shape index (κ2) is 6.70. The number of esters is 1.